The molecule has 0 saturated carbocycles. The third-order valence-corrected chi connectivity index (χ3v) is 4.06. The van der Waals surface area contributed by atoms with Gasteiger partial charge in [0.1, 0.15) is 5.82 Å². The average molecular weight is 295 g/mol. The van der Waals surface area contributed by atoms with Crippen LogP contribution in [0.3, 0.4) is 0 Å². The zero-order chi connectivity index (χ0) is 15.4. The lowest BCUT2D eigenvalue weighted by Crippen LogP contribution is -2.27. The van der Waals surface area contributed by atoms with Gasteiger partial charge in [-0.05, 0) is 43.1 Å². The van der Waals surface area contributed by atoms with Gasteiger partial charge in [-0.15, -0.1) is 0 Å². The van der Waals surface area contributed by atoms with Crippen LogP contribution < -0.4 is 5.32 Å². The van der Waals surface area contributed by atoms with Gasteiger partial charge in [-0.1, -0.05) is 30.3 Å². The highest BCUT2D eigenvalue weighted by atomic mass is 16.2. The van der Waals surface area contributed by atoms with Crippen molar-refractivity contribution in [3.8, 4) is 0 Å². The Kier molecular flexibility index (Phi) is 4.49. The van der Waals surface area contributed by atoms with Gasteiger partial charge < -0.3 is 5.32 Å². The summed E-state index contributed by atoms with van der Waals surface area (Å²) in [6.45, 7) is 4.68. The maximum absolute atomic E-state index is 12.3. The number of likely N-dealkylation sites (tertiary alicyclic amines) is 1. The van der Waals surface area contributed by atoms with Crippen molar-refractivity contribution in [1.82, 2.24) is 9.88 Å². The molecule has 114 valence electrons. The van der Waals surface area contributed by atoms with E-state index in [2.05, 4.69) is 39.5 Å². The van der Waals surface area contributed by atoms with Gasteiger partial charge in [0.05, 0.1) is 5.92 Å². The first-order valence-corrected chi connectivity index (χ1v) is 7.70. The molecule has 3 rings (SSSR count). The molecule has 1 aliphatic rings. The molecular weight excluding hydrogens is 274 g/mol. The molecule has 4 heteroatoms. The van der Waals surface area contributed by atoms with Crippen molar-refractivity contribution in [2.45, 2.75) is 19.9 Å². The predicted octanol–water partition coefficient (Wildman–Crippen LogP) is 2.85. The third kappa shape index (κ3) is 3.71. The summed E-state index contributed by atoms with van der Waals surface area (Å²) in [5, 5.41) is 2.93. The van der Waals surface area contributed by atoms with Gasteiger partial charge in [0.15, 0.2) is 0 Å². The number of nitrogens with one attached hydrogen (secondary N) is 1. The molecule has 2 aromatic rings. The number of rotatable bonds is 4. The Morgan fingerprint density at radius 2 is 2.14 bits per heavy atom. The fourth-order valence-electron chi connectivity index (χ4n) is 2.86. The number of pyridine rings is 1. The first kappa shape index (κ1) is 14.7. The number of hydrogen-bond acceptors (Lipinski definition) is 3. The normalized spacial score (nSPS) is 18.3. The number of nitrogens with zero attached hydrogens (tertiary/aromatic N) is 2. The number of hydrogen-bond donors (Lipinski definition) is 1. The van der Waals surface area contributed by atoms with Gasteiger partial charge >= 0.3 is 0 Å². The van der Waals surface area contributed by atoms with E-state index in [0.717, 1.165) is 31.6 Å². The van der Waals surface area contributed by atoms with Crippen LogP contribution in [0.4, 0.5) is 5.82 Å². The summed E-state index contributed by atoms with van der Waals surface area (Å²) < 4.78 is 0. The van der Waals surface area contributed by atoms with E-state index in [9.17, 15) is 4.79 Å². The molecule has 1 N–H and O–H groups in total. The number of amides is 1. The highest BCUT2D eigenvalue weighted by Crippen LogP contribution is 2.20. The number of carbonyl (C=O) groups excluding carboxylic acids is 1. The molecule has 1 saturated heterocycles. The van der Waals surface area contributed by atoms with E-state index in [1.807, 2.05) is 25.1 Å². The number of benzene rings is 1. The van der Waals surface area contributed by atoms with Crippen molar-refractivity contribution < 1.29 is 4.79 Å². The summed E-state index contributed by atoms with van der Waals surface area (Å²) in [5.74, 6) is 0.770. The van der Waals surface area contributed by atoms with Crippen molar-refractivity contribution in [2.75, 3.05) is 18.4 Å². The maximum atomic E-state index is 12.3. The minimum absolute atomic E-state index is 0.0472. The van der Waals surface area contributed by atoms with E-state index in [1.54, 1.807) is 6.20 Å². The summed E-state index contributed by atoms with van der Waals surface area (Å²) in [6.07, 6.45) is 2.63. The summed E-state index contributed by atoms with van der Waals surface area (Å²) in [4.78, 5) is 18.9. The SMILES string of the molecule is Cc1ccnc(NC(=O)C2CCN(Cc3ccccc3)C2)c1. The lowest BCUT2D eigenvalue weighted by atomic mass is 10.1. The van der Waals surface area contributed by atoms with Crippen LogP contribution >= 0.6 is 0 Å². The Morgan fingerprint density at radius 1 is 1.32 bits per heavy atom. The van der Waals surface area contributed by atoms with E-state index in [-0.39, 0.29) is 11.8 Å². The number of aromatic nitrogens is 1. The lowest BCUT2D eigenvalue weighted by Gasteiger charge is -2.16. The molecule has 1 amide bonds. The van der Waals surface area contributed by atoms with Crippen molar-refractivity contribution in [1.29, 1.82) is 0 Å². The molecule has 0 radical (unpaired) electrons. The predicted molar refractivity (Wildman–Crippen MR) is 87.4 cm³/mol. The average Bonchev–Trinajstić information content (AvgIpc) is 2.97. The summed E-state index contributed by atoms with van der Waals surface area (Å²) in [7, 11) is 0. The number of anilines is 1. The van der Waals surface area contributed by atoms with Crippen molar-refractivity contribution >= 4 is 11.7 Å². The van der Waals surface area contributed by atoms with Gasteiger partial charge in [-0.25, -0.2) is 4.98 Å². The molecule has 1 fully saturated rings. The van der Waals surface area contributed by atoms with E-state index < -0.39 is 0 Å². The van der Waals surface area contributed by atoms with E-state index >= 15 is 0 Å². The standard InChI is InChI=1S/C18H21N3O/c1-14-7-9-19-17(11-14)20-18(22)16-8-10-21(13-16)12-15-5-3-2-4-6-15/h2-7,9,11,16H,8,10,12-13H2,1H3,(H,19,20,22). The van der Waals surface area contributed by atoms with Gasteiger partial charge in [-0.2, -0.15) is 0 Å². The van der Waals surface area contributed by atoms with Crippen LogP contribution in [0.5, 0.6) is 0 Å². The number of carbonyl (C=O) groups is 1. The maximum Gasteiger partial charge on any atom is 0.229 e. The molecule has 1 atom stereocenters. The van der Waals surface area contributed by atoms with Gasteiger partial charge in [0.25, 0.3) is 0 Å². The highest BCUT2D eigenvalue weighted by molar-refractivity contribution is 5.92. The first-order chi connectivity index (χ1) is 10.7. The molecule has 1 aromatic carbocycles. The van der Waals surface area contributed by atoms with Crippen LogP contribution in [-0.4, -0.2) is 28.9 Å². The van der Waals surface area contributed by atoms with E-state index in [1.165, 1.54) is 5.56 Å². The lowest BCUT2D eigenvalue weighted by molar-refractivity contribution is -0.119. The topological polar surface area (TPSA) is 45.2 Å². The van der Waals surface area contributed by atoms with E-state index in [4.69, 9.17) is 0 Å². The molecule has 0 aliphatic carbocycles. The molecule has 0 spiro atoms. The fourth-order valence-corrected chi connectivity index (χ4v) is 2.86. The van der Waals surface area contributed by atoms with Crippen molar-refractivity contribution in [2.24, 2.45) is 5.92 Å². The third-order valence-electron chi connectivity index (χ3n) is 4.06. The molecular formula is C18H21N3O. The summed E-state index contributed by atoms with van der Waals surface area (Å²) in [6, 6.07) is 14.2. The molecule has 2 heterocycles. The molecule has 4 nitrogen and oxygen atoms in total. The Hall–Kier alpha value is -2.20. The van der Waals surface area contributed by atoms with Crippen LogP contribution in [0, 0.1) is 12.8 Å². The summed E-state index contributed by atoms with van der Waals surface area (Å²) >= 11 is 0. The number of aryl methyl sites for hydroxylation is 1. The van der Waals surface area contributed by atoms with Crippen LogP contribution in [0.1, 0.15) is 17.5 Å². The fraction of sp³-hybridized carbons (Fsp3) is 0.333. The Labute approximate surface area is 131 Å². The second-order valence-electron chi connectivity index (χ2n) is 5.91. The Bertz CT molecular complexity index is 642. The second kappa shape index (κ2) is 6.71. The zero-order valence-electron chi connectivity index (χ0n) is 12.8. The molecule has 22 heavy (non-hydrogen) atoms. The van der Waals surface area contributed by atoms with Gasteiger partial charge in [-0.3, -0.25) is 9.69 Å². The van der Waals surface area contributed by atoms with E-state index in [0.29, 0.717) is 5.82 Å². The van der Waals surface area contributed by atoms with Crippen LogP contribution in [-0.2, 0) is 11.3 Å². The first-order valence-electron chi connectivity index (χ1n) is 7.70. The summed E-state index contributed by atoms with van der Waals surface area (Å²) in [5.41, 5.74) is 2.39. The molecule has 0 bridgehead atoms. The Balaban J connectivity index is 1.55. The molecule has 1 unspecified atom stereocenters. The van der Waals surface area contributed by atoms with Crippen molar-refractivity contribution in [3.63, 3.8) is 0 Å². The van der Waals surface area contributed by atoms with Crippen LogP contribution in [0.15, 0.2) is 48.7 Å². The van der Waals surface area contributed by atoms with Crippen LogP contribution in [0.25, 0.3) is 0 Å². The minimum Gasteiger partial charge on any atom is -0.310 e. The zero-order valence-corrected chi connectivity index (χ0v) is 12.8. The monoisotopic (exact) mass is 295 g/mol. The Morgan fingerprint density at radius 3 is 2.91 bits per heavy atom. The van der Waals surface area contributed by atoms with Gasteiger partial charge in [0.2, 0.25) is 5.91 Å². The molecule has 1 aliphatic heterocycles. The second-order valence-corrected chi connectivity index (χ2v) is 5.91. The smallest absolute Gasteiger partial charge is 0.229 e. The van der Waals surface area contributed by atoms with Crippen molar-refractivity contribution in [3.05, 3.63) is 59.8 Å². The highest BCUT2D eigenvalue weighted by Gasteiger charge is 2.28. The van der Waals surface area contributed by atoms with Gasteiger partial charge in [0, 0.05) is 19.3 Å². The van der Waals surface area contributed by atoms with Crippen LogP contribution in [0.2, 0.25) is 0 Å². The molecule has 1 aromatic heterocycles. The minimum atomic E-state index is 0.0472. The quantitative estimate of drug-likeness (QED) is 0.943. The largest absolute Gasteiger partial charge is 0.310 e.